The molecule has 0 amide bonds. The van der Waals surface area contributed by atoms with Crippen LogP contribution in [0, 0.1) is 5.82 Å². The van der Waals surface area contributed by atoms with E-state index in [1.165, 1.54) is 12.1 Å². The third kappa shape index (κ3) is 2.12. The Morgan fingerprint density at radius 2 is 2.33 bits per heavy atom. The molecule has 0 saturated heterocycles. The number of hydrogen-bond acceptors (Lipinski definition) is 1. The molecule has 1 aromatic carbocycles. The molecule has 0 aliphatic rings. The van der Waals surface area contributed by atoms with Gasteiger partial charge < -0.3 is 0 Å². The maximum absolute atomic E-state index is 12.7. The number of hydrogen-bond donors (Lipinski definition) is 0. The van der Waals surface area contributed by atoms with Crippen molar-refractivity contribution in [3.63, 3.8) is 0 Å². The van der Waals surface area contributed by atoms with E-state index < -0.39 is 5.82 Å². The quantitative estimate of drug-likeness (QED) is 0.386. The second-order valence-corrected chi connectivity index (χ2v) is 2.54. The molecule has 0 atom stereocenters. The summed E-state index contributed by atoms with van der Waals surface area (Å²) in [7, 11) is 0. The first-order valence-electron chi connectivity index (χ1n) is 3.19. The van der Waals surface area contributed by atoms with Crippen LogP contribution < -0.4 is 0 Å². The van der Waals surface area contributed by atoms with Gasteiger partial charge in [0.15, 0.2) is 0 Å². The zero-order valence-corrected chi connectivity index (χ0v) is 6.79. The van der Waals surface area contributed by atoms with Crippen LogP contribution in [0.4, 0.5) is 4.39 Å². The minimum absolute atomic E-state index is 0.0692. The van der Waals surface area contributed by atoms with Gasteiger partial charge in [-0.05, 0) is 23.2 Å². The van der Waals surface area contributed by atoms with Crippen LogP contribution in [0.3, 0.4) is 0 Å². The Morgan fingerprint density at radius 3 is 2.92 bits per heavy atom. The molecule has 62 valence electrons. The average molecular weight is 186 g/mol. The third-order valence-corrected chi connectivity index (χ3v) is 1.61. The van der Waals surface area contributed by atoms with E-state index in [0.717, 1.165) is 0 Å². The van der Waals surface area contributed by atoms with Gasteiger partial charge in [-0.15, -0.1) is 0 Å². The van der Waals surface area contributed by atoms with Crippen molar-refractivity contribution in [2.24, 2.45) is 5.11 Å². The average Bonchev–Trinajstić information content (AvgIpc) is 2.07. The fraction of sp³-hybridized carbons (Fsp3) is 0.143. The molecule has 1 aromatic rings. The third-order valence-electron chi connectivity index (χ3n) is 1.30. The Hall–Kier alpha value is -1.25. The van der Waals surface area contributed by atoms with Crippen molar-refractivity contribution in [3.05, 3.63) is 45.0 Å². The maximum atomic E-state index is 12.7. The maximum Gasteiger partial charge on any atom is 0.142 e. The molecule has 0 heterocycles. The minimum Gasteiger partial charge on any atom is -0.205 e. The van der Waals surface area contributed by atoms with Crippen molar-refractivity contribution >= 4 is 11.6 Å². The van der Waals surface area contributed by atoms with Crippen molar-refractivity contribution in [3.8, 4) is 0 Å². The Balaban J connectivity index is 2.89. The first-order chi connectivity index (χ1) is 5.74. The largest absolute Gasteiger partial charge is 0.205 e. The summed E-state index contributed by atoms with van der Waals surface area (Å²) in [5.74, 6) is -0.498. The van der Waals surface area contributed by atoms with E-state index in [4.69, 9.17) is 17.1 Å². The monoisotopic (exact) mass is 185 g/mol. The zero-order valence-electron chi connectivity index (χ0n) is 6.04. The highest BCUT2D eigenvalue weighted by Crippen LogP contribution is 2.15. The topological polar surface area (TPSA) is 48.8 Å². The van der Waals surface area contributed by atoms with Crippen molar-refractivity contribution in [2.75, 3.05) is 0 Å². The summed E-state index contributed by atoms with van der Waals surface area (Å²) in [6.45, 7) is 0.143. The van der Waals surface area contributed by atoms with Gasteiger partial charge in [-0.1, -0.05) is 22.8 Å². The molecule has 0 aliphatic heterocycles. The number of nitrogens with zero attached hydrogens (tertiary/aromatic N) is 3. The van der Waals surface area contributed by atoms with Crippen LogP contribution in [0.2, 0.25) is 5.02 Å². The Morgan fingerprint density at radius 1 is 1.58 bits per heavy atom. The second kappa shape index (κ2) is 3.95. The van der Waals surface area contributed by atoms with Gasteiger partial charge in [-0.25, -0.2) is 4.39 Å². The standard InChI is InChI=1S/C7H5ClFN3/c8-6-2-1-5(3-7(6)9)4-11-12-10/h1-3H,4H2. The van der Waals surface area contributed by atoms with Gasteiger partial charge in [0.1, 0.15) is 5.82 Å². The highest BCUT2D eigenvalue weighted by atomic mass is 35.5. The molecule has 0 radical (unpaired) electrons. The number of benzene rings is 1. The Bertz CT molecular complexity index is 333. The Labute approximate surface area is 73.4 Å². The second-order valence-electron chi connectivity index (χ2n) is 2.14. The highest BCUT2D eigenvalue weighted by molar-refractivity contribution is 6.30. The molecule has 0 spiro atoms. The van der Waals surface area contributed by atoms with Gasteiger partial charge >= 0.3 is 0 Å². The zero-order chi connectivity index (χ0) is 8.97. The van der Waals surface area contributed by atoms with Crippen LogP contribution in [-0.4, -0.2) is 0 Å². The van der Waals surface area contributed by atoms with Crippen molar-refractivity contribution in [1.29, 1.82) is 0 Å². The molecule has 3 nitrogen and oxygen atoms in total. The molecule has 0 saturated carbocycles. The van der Waals surface area contributed by atoms with E-state index in [1.807, 2.05) is 0 Å². The van der Waals surface area contributed by atoms with Crippen LogP contribution in [-0.2, 0) is 6.54 Å². The number of rotatable bonds is 2. The van der Waals surface area contributed by atoms with Gasteiger partial charge in [-0.3, -0.25) is 0 Å². The van der Waals surface area contributed by atoms with Crippen molar-refractivity contribution < 1.29 is 4.39 Å². The summed E-state index contributed by atoms with van der Waals surface area (Å²) in [5.41, 5.74) is 8.60. The van der Waals surface area contributed by atoms with E-state index in [2.05, 4.69) is 10.0 Å². The predicted octanol–water partition coefficient (Wildman–Crippen LogP) is 3.29. The van der Waals surface area contributed by atoms with Crippen molar-refractivity contribution in [1.82, 2.24) is 0 Å². The van der Waals surface area contributed by atoms with E-state index >= 15 is 0 Å². The predicted molar refractivity (Wildman–Crippen MR) is 44.3 cm³/mol. The number of halogens is 2. The lowest BCUT2D eigenvalue weighted by Crippen LogP contribution is -1.83. The van der Waals surface area contributed by atoms with Crippen LogP contribution in [0.25, 0.3) is 10.4 Å². The van der Waals surface area contributed by atoms with Crippen LogP contribution in [0.1, 0.15) is 5.56 Å². The highest BCUT2D eigenvalue weighted by Gasteiger charge is 1.98. The van der Waals surface area contributed by atoms with Gasteiger partial charge in [0, 0.05) is 4.91 Å². The summed E-state index contributed by atoms with van der Waals surface area (Å²) in [6, 6.07) is 4.29. The molecule has 12 heavy (non-hydrogen) atoms. The van der Waals surface area contributed by atoms with Gasteiger partial charge in [0.05, 0.1) is 11.6 Å². The van der Waals surface area contributed by atoms with Crippen molar-refractivity contribution in [2.45, 2.75) is 6.54 Å². The first kappa shape index (κ1) is 8.84. The smallest absolute Gasteiger partial charge is 0.142 e. The lowest BCUT2D eigenvalue weighted by molar-refractivity contribution is 0.626. The van der Waals surface area contributed by atoms with Crippen LogP contribution >= 0.6 is 11.6 Å². The lowest BCUT2D eigenvalue weighted by Gasteiger charge is -1.96. The van der Waals surface area contributed by atoms with E-state index in [1.54, 1.807) is 6.07 Å². The van der Waals surface area contributed by atoms with Gasteiger partial charge in [0.2, 0.25) is 0 Å². The normalized spacial score (nSPS) is 9.17. The van der Waals surface area contributed by atoms with Crippen LogP contribution in [0.5, 0.6) is 0 Å². The molecule has 5 heteroatoms. The molecule has 0 aliphatic carbocycles. The fourth-order valence-electron chi connectivity index (χ4n) is 0.751. The molecule has 0 aromatic heterocycles. The van der Waals surface area contributed by atoms with Gasteiger partial charge in [0.25, 0.3) is 0 Å². The van der Waals surface area contributed by atoms with Gasteiger partial charge in [-0.2, -0.15) is 0 Å². The number of azide groups is 1. The molecular weight excluding hydrogens is 181 g/mol. The fourth-order valence-corrected chi connectivity index (χ4v) is 0.869. The molecule has 0 N–H and O–H groups in total. The SMILES string of the molecule is [N-]=[N+]=NCc1ccc(Cl)c(F)c1. The van der Waals surface area contributed by atoms with E-state index in [-0.39, 0.29) is 11.6 Å². The summed E-state index contributed by atoms with van der Waals surface area (Å²) < 4.78 is 12.7. The molecule has 0 unspecified atom stereocenters. The summed E-state index contributed by atoms with van der Waals surface area (Å²) >= 11 is 5.44. The molecule has 1 rings (SSSR count). The van der Waals surface area contributed by atoms with E-state index in [9.17, 15) is 4.39 Å². The minimum atomic E-state index is -0.498. The summed E-state index contributed by atoms with van der Waals surface area (Å²) in [5, 5.41) is 3.35. The molecule has 0 bridgehead atoms. The first-order valence-corrected chi connectivity index (χ1v) is 3.56. The molecule has 0 fully saturated rings. The summed E-state index contributed by atoms with van der Waals surface area (Å²) in [4.78, 5) is 2.55. The lowest BCUT2D eigenvalue weighted by atomic mass is 10.2. The van der Waals surface area contributed by atoms with E-state index in [0.29, 0.717) is 5.56 Å². The Kier molecular flexibility index (Phi) is 2.91. The molecular formula is C7H5ClFN3. The summed E-state index contributed by atoms with van der Waals surface area (Å²) in [6.07, 6.45) is 0. The van der Waals surface area contributed by atoms with Crippen LogP contribution in [0.15, 0.2) is 23.3 Å².